The molecule has 0 aliphatic rings. The summed E-state index contributed by atoms with van der Waals surface area (Å²) in [6.07, 6.45) is 0. The van der Waals surface area contributed by atoms with Crippen LogP contribution in [0.25, 0.3) is 11.3 Å². The number of anilines is 1. The molecule has 1 aromatic carbocycles. The van der Waals surface area contributed by atoms with E-state index in [1.54, 1.807) is 44.4 Å². The van der Waals surface area contributed by atoms with Crippen molar-refractivity contribution in [3.8, 4) is 17.0 Å². The van der Waals surface area contributed by atoms with Crippen molar-refractivity contribution < 1.29 is 14.1 Å². The fourth-order valence-corrected chi connectivity index (χ4v) is 2.24. The molecule has 0 bridgehead atoms. The Morgan fingerprint density at radius 3 is 2.87 bits per heavy atom. The Hall–Kier alpha value is -2.80. The smallest absolute Gasteiger partial charge is 0.295 e. The van der Waals surface area contributed by atoms with E-state index in [1.807, 2.05) is 0 Å². The van der Waals surface area contributed by atoms with E-state index in [-0.39, 0.29) is 5.76 Å². The van der Waals surface area contributed by atoms with E-state index in [2.05, 4.69) is 20.7 Å². The molecule has 3 rings (SSSR count). The Morgan fingerprint density at radius 2 is 2.17 bits per heavy atom. The number of amides is 1. The number of nitrogens with one attached hydrogen (secondary N) is 2. The van der Waals surface area contributed by atoms with E-state index < -0.39 is 5.91 Å². The van der Waals surface area contributed by atoms with Crippen LogP contribution in [0.1, 0.15) is 16.2 Å². The van der Waals surface area contributed by atoms with E-state index in [4.69, 9.17) is 20.9 Å². The molecule has 0 fully saturated rings. The zero-order valence-corrected chi connectivity index (χ0v) is 13.1. The van der Waals surface area contributed by atoms with Crippen LogP contribution < -0.4 is 10.1 Å². The zero-order valence-electron chi connectivity index (χ0n) is 12.4. The Morgan fingerprint density at radius 1 is 1.35 bits per heavy atom. The van der Waals surface area contributed by atoms with Gasteiger partial charge < -0.3 is 14.6 Å². The second-order valence-electron chi connectivity index (χ2n) is 4.80. The molecule has 0 unspecified atom stereocenters. The average molecular weight is 333 g/mol. The van der Waals surface area contributed by atoms with Crippen LogP contribution in [0.5, 0.6) is 5.75 Å². The third-order valence-corrected chi connectivity index (χ3v) is 3.36. The van der Waals surface area contributed by atoms with Crippen LogP contribution in [0.3, 0.4) is 0 Å². The van der Waals surface area contributed by atoms with Crippen molar-refractivity contribution in [1.82, 2.24) is 15.4 Å². The van der Waals surface area contributed by atoms with Gasteiger partial charge >= 0.3 is 0 Å². The van der Waals surface area contributed by atoms with Crippen molar-refractivity contribution in [2.45, 2.75) is 6.92 Å². The van der Waals surface area contributed by atoms with E-state index in [9.17, 15) is 4.79 Å². The molecule has 7 nitrogen and oxygen atoms in total. The molecular weight excluding hydrogens is 320 g/mol. The van der Waals surface area contributed by atoms with Crippen molar-refractivity contribution >= 4 is 23.3 Å². The molecule has 2 heterocycles. The lowest BCUT2D eigenvalue weighted by molar-refractivity contribution is 0.0987. The predicted molar refractivity (Wildman–Crippen MR) is 84.8 cm³/mol. The number of ether oxygens (including phenoxy) is 1. The highest BCUT2D eigenvalue weighted by Gasteiger charge is 2.15. The molecule has 0 aliphatic heterocycles. The molecule has 0 saturated heterocycles. The summed E-state index contributed by atoms with van der Waals surface area (Å²) in [6.45, 7) is 1.73. The number of hydrogen-bond donors (Lipinski definition) is 2. The number of methoxy groups -OCH3 is 1. The Labute approximate surface area is 136 Å². The summed E-state index contributed by atoms with van der Waals surface area (Å²) in [4.78, 5) is 12.0. The fraction of sp³-hybridized carbons (Fsp3) is 0.133. The summed E-state index contributed by atoms with van der Waals surface area (Å²) in [5.41, 5.74) is 2.03. The Bertz CT molecular complexity index is 856. The zero-order chi connectivity index (χ0) is 16.4. The molecule has 23 heavy (non-hydrogen) atoms. The molecule has 2 N–H and O–H groups in total. The van der Waals surface area contributed by atoms with Crippen LogP contribution in [0.15, 0.2) is 34.9 Å². The maximum absolute atomic E-state index is 12.0. The number of aromatic amines is 1. The van der Waals surface area contributed by atoms with Crippen molar-refractivity contribution in [3.05, 3.63) is 46.8 Å². The lowest BCUT2D eigenvalue weighted by Crippen LogP contribution is -2.11. The number of H-pyrrole nitrogens is 1. The van der Waals surface area contributed by atoms with Gasteiger partial charge in [0.15, 0.2) is 5.82 Å². The number of halogens is 1. The second-order valence-corrected chi connectivity index (χ2v) is 5.23. The fourth-order valence-electron chi connectivity index (χ4n) is 2.06. The first-order valence-corrected chi connectivity index (χ1v) is 7.08. The molecule has 0 atom stereocenters. The van der Waals surface area contributed by atoms with Crippen LogP contribution in [0.2, 0.25) is 5.02 Å². The molecule has 0 spiro atoms. The second kappa shape index (κ2) is 6.13. The quantitative estimate of drug-likeness (QED) is 0.764. The van der Waals surface area contributed by atoms with Crippen molar-refractivity contribution in [2.24, 2.45) is 0 Å². The van der Waals surface area contributed by atoms with Gasteiger partial charge in [-0.25, -0.2) is 0 Å². The third kappa shape index (κ3) is 3.19. The van der Waals surface area contributed by atoms with Gasteiger partial charge in [-0.15, -0.1) is 0 Å². The van der Waals surface area contributed by atoms with Gasteiger partial charge in [0.05, 0.1) is 18.5 Å². The summed E-state index contributed by atoms with van der Waals surface area (Å²) in [5.74, 6) is 0.678. The summed E-state index contributed by atoms with van der Waals surface area (Å²) >= 11 is 6.02. The number of nitrogens with zero attached hydrogens (tertiary/aromatic N) is 2. The van der Waals surface area contributed by atoms with E-state index >= 15 is 0 Å². The topological polar surface area (TPSA) is 93.0 Å². The normalized spacial score (nSPS) is 10.6. The molecule has 2 aromatic heterocycles. The third-order valence-electron chi connectivity index (χ3n) is 3.12. The standard InChI is InChI=1S/C15H13ClN4O3/c1-8-5-13(23-20-8)15(21)17-14-7-11(18-19-14)10-6-9(16)3-4-12(10)22-2/h3-7H,1-2H3,(H2,17,18,19,21). The van der Waals surface area contributed by atoms with E-state index in [0.29, 0.717) is 28.0 Å². The number of rotatable bonds is 4. The Balaban J connectivity index is 1.83. The molecular formula is C15H13ClN4O3. The van der Waals surface area contributed by atoms with Gasteiger partial charge in [0.25, 0.3) is 5.91 Å². The van der Waals surface area contributed by atoms with Crippen LogP contribution >= 0.6 is 11.6 Å². The maximum atomic E-state index is 12.0. The monoisotopic (exact) mass is 332 g/mol. The Kier molecular flexibility index (Phi) is 4.03. The summed E-state index contributed by atoms with van der Waals surface area (Å²) < 4.78 is 10.2. The van der Waals surface area contributed by atoms with Crippen LogP contribution in [-0.4, -0.2) is 28.4 Å². The minimum absolute atomic E-state index is 0.118. The average Bonchev–Trinajstić information content (AvgIpc) is 3.16. The largest absolute Gasteiger partial charge is 0.496 e. The highest BCUT2D eigenvalue weighted by atomic mass is 35.5. The number of carbonyl (C=O) groups excluding carboxylic acids is 1. The minimum atomic E-state index is -0.429. The molecule has 3 aromatic rings. The SMILES string of the molecule is COc1ccc(Cl)cc1-c1cc(NC(=O)c2cc(C)no2)n[nH]1. The lowest BCUT2D eigenvalue weighted by Gasteiger charge is -2.06. The first-order chi connectivity index (χ1) is 11.1. The number of aromatic nitrogens is 3. The van der Waals surface area contributed by atoms with Gasteiger partial charge in [-0.1, -0.05) is 16.8 Å². The molecule has 1 amide bonds. The highest BCUT2D eigenvalue weighted by Crippen LogP contribution is 2.32. The number of hydrogen-bond acceptors (Lipinski definition) is 5. The van der Waals surface area contributed by atoms with Gasteiger partial charge in [0, 0.05) is 22.7 Å². The number of benzene rings is 1. The van der Waals surface area contributed by atoms with E-state index in [0.717, 1.165) is 5.56 Å². The van der Waals surface area contributed by atoms with Crippen molar-refractivity contribution in [2.75, 3.05) is 12.4 Å². The summed E-state index contributed by atoms with van der Waals surface area (Å²) in [7, 11) is 1.57. The molecule has 118 valence electrons. The van der Waals surface area contributed by atoms with Gasteiger partial charge in [0.1, 0.15) is 5.75 Å². The molecule has 0 saturated carbocycles. The van der Waals surface area contributed by atoms with Crippen molar-refractivity contribution in [1.29, 1.82) is 0 Å². The van der Waals surface area contributed by atoms with E-state index in [1.165, 1.54) is 0 Å². The van der Waals surface area contributed by atoms with Crippen LogP contribution in [0, 0.1) is 6.92 Å². The molecule has 8 heteroatoms. The number of carbonyl (C=O) groups is 1. The minimum Gasteiger partial charge on any atom is -0.496 e. The lowest BCUT2D eigenvalue weighted by atomic mass is 10.1. The molecule has 0 aliphatic carbocycles. The van der Waals surface area contributed by atoms with Crippen molar-refractivity contribution in [3.63, 3.8) is 0 Å². The number of aryl methyl sites for hydroxylation is 1. The van der Waals surface area contributed by atoms with Gasteiger partial charge in [0.2, 0.25) is 5.76 Å². The summed E-state index contributed by atoms with van der Waals surface area (Å²) in [5, 5.41) is 13.8. The first-order valence-electron chi connectivity index (χ1n) is 6.71. The highest BCUT2D eigenvalue weighted by molar-refractivity contribution is 6.31. The van der Waals surface area contributed by atoms with Crippen LogP contribution in [0.4, 0.5) is 5.82 Å². The predicted octanol–water partition coefficient (Wildman–Crippen LogP) is 3.29. The van der Waals surface area contributed by atoms with Gasteiger partial charge in [-0.2, -0.15) is 5.10 Å². The van der Waals surface area contributed by atoms with Crippen LogP contribution in [-0.2, 0) is 0 Å². The van der Waals surface area contributed by atoms with Gasteiger partial charge in [-0.05, 0) is 25.1 Å². The first kappa shape index (κ1) is 15.1. The maximum Gasteiger partial charge on any atom is 0.295 e. The summed E-state index contributed by atoms with van der Waals surface area (Å²) in [6, 6.07) is 8.46. The van der Waals surface area contributed by atoms with Gasteiger partial charge in [-0.3, -0.25) is 9.89 Å². The molecule has 0 radical (unpaired) electrons.